The molecule has 0 spiro atoms. The Labute approximate surface area is 162 Å². The number of thioether (sulfide) groups is 1. The third-order valence-corrected chi connectivity index (χ3v) is 4.96. The summed E-state index contributed by atoms with van der Waals surface area (Å²) in [5.41, 5.74) is 2.41. The van der Waals surface area contributed by atoms with Crippen LogP contribution in [0.15, 0.2) is 77.7 Å². The van der Waals surface area contributed by atoms with Crippen LogP contribution < -0.4 is 5.32 Å². The minimum Gasteiger partial charge on any atom is -0.506 e. The lowest BCUT2D eigenvalue weighted by molar-refractivity contribution is 0.101. The van der Waals surface area contributed by atoms with Crippen LogP contribution in [-0.2, 0) is 0 Å². The van der Waals surface area contributed by atoms with Gasteiger partial charge in [0, 0.05) is 16.0 Å². The summed E-state index contributed by atoms with van der Waals surface area (Å²) in [7, 11) is 0. The summed E-state index contributed by atoms with van der Waals surface area (Å²) >= 11 is 1.39. The number of phenols is 1. The molecule has 3 aromatic rings. The summed E-state index contributed by atoms with van der Waals surface area (Å²) < 4.78 is 0. The Hall–Kier alpha value is -3.05. The van der Waals surface area contributed by atoms with Gasteiger partial charge in [-0.1, -0.05) is 42.5 Å². The number of hydrogen-bond donors (Lipinski definition) is 2. The summed E-state index contributed by atoms with van der Waals surface area (Å²) in [6.45, 7) is 1.86. The topological polar surface area (TPSA) is 66.4 Å². The molecule has 3 aromatic carbocycles. The Bertz CT molecular complexity index is 970. The van der Waals surface area contributed by atoms with E-state index in [-0.39, 0.29) is 17.4 Å². The van der Waals surface area contributed by atoms with Crippen molar-refractivity contribution in [2.45, 2.75) is 11.8 Å². The highest BCUT2D eigenvalue weighted by atomic mass is 32.2. The molecule has 27 heavy (non-hydrogen) atoms. The zero-order valence-corrected chi connectivity index (χ0v) is 15.6. The van der Waals surface area contributed by atoms with Crippen LogP contribution in [0.4, 0.5) is 5.69 Å². The highest BCUT2D eigenvalue weighted by Gasteiger charge is 2.11. The van der Waals surface area contributed by atoms with Gasteiger partial charge in [-0.2, -0.15) is 0 Å². The maximum atomic E-state index is 12.5. The summed E-state index contributed by atoms with van der Waals surface area (Å²) in [6, 6.07) is 21.3. The summed E-state index contributed by atoms with van der Waals surface area (Å²) in [5.74, 6) is 0.0572. The van der Waals surface area contributed by atoms with Gasteiger partial charge >= 0.3 is 0 Å². The Morgan fingerprint density at radius 3 is 2.41 bits per heavy atom. The van der Waals surface area contributed by atoms with Gasteiger partial charge in [-0.15, -0.1) is 11.8 Å². The number of rotatable bonds is 6. The molecule has 0 radical (unpaired) electrons. The van der Waals surface area contributed by atoms with E-state index in [4.69, 9.17) is 0 Å². The highest BCUT2D eigenvalue weighted by Crippen LogP contribution is 2.25. The Balaban J connectivity index is 1.66. The second-order valence-electron chi connectivity index (χ2n) is 6.08. The maximum Gasteiger partial charge on any atom is 0.255 e. The number of carbonyl (C=O) groups excluding carboxylic acids is 2. The van der Waals surface area contributed by atoms with Crippen LogP contribution in [0.5, 0.6) is 5.75 Å². The number of phenolic OH excluding ortho intramolecular Hbond substituents is 1. The standard InChI is InChI=1S/C22H19NO3S/c1-15-10-11-19(20(24)12-15)23-22(26)17-8-5-9-18(13-17)27-14-21(25)16-6-3-2-4-7-16/h2-13,24H,14H2,1H3,(H,23,26). The van der Waals surface area contributed by atoms with Crippen molar-refractivity contribution in [3.8, 4) is 5.75 Å². The molecule has 5 heteroatoms. The monoisotopic (exact) mass is 377 g/mol. The molecule has 0 aliphatic carbocycles. The van der Waals surface area contributed by atoms with E-state index in [0.29, 0.717) is 22.6 Å². The molecule has 0 aliphatic rings. The molecule has 2 N–H and O–H groups in total. The lowest BCUT2D eigenvalue weighted by Crippen LogP contribution is -2.12. The fourth-order valence-electron chi connectivity index (χ4n) is 2.53. The first-order chi connectivity index (χ1) is 13.0. The van der Waals surface area contributed by atoms with Gasteiger partial charge in [0.2, 0.25) is 0 Å². The van der Waals surface area contributed by atoms with E-state index in [1.54, 1.807) is 42.5 Å². The van der Waals surface area contributed by atoms with Crippen molar-refractivity contribution in [2.75, 3.05) is 11.1 Å². The average molecular weight is 377 g/mol. The molecule has 0 bridgehead atoms. The van der Waals surface area contributed by atoms with Crippen LogP contribution in [0.1, 0.15) is 26.3 Å². The first-order valence-corrected chi connectivity index (χ1v) is 9.43. The number of benzene rings is 3. The molecule has 3 rings (SSSR count). The van der Waals surface area contributed by atoms with Gasteiger partial charge in [0.05, 0.1) is 11.4 Å². The molecular formula is C22H19NO3S. The van der Waals surface area contributed by atoms with E-state index < -0.39 is 0 Å². The van der Waals surface area contributed by atoms with Crippen LogP contribution in [0.3, 0.4) is 0 Å². The summed E-state index contributed by atoms with van der Waals surface area (Å²) in [6.07, 6.45) is 0. The van der Waals surface area contributed by atoms with Crippen LogP contribution in [0.25, 0.3) is 0 Å². The largest absolute Gasteiger partial charge is 0.506 e. The number of Topliss-reactive ketones (excluding diaryl/α,β-unsaturated/α-hetero) is 1. The first-order valence-electron chi connectivity index (χ1n) is 8.45. The SMILES string of the molecule is Cc1ccc(NC(=O)c2cccc(SCC(=O)c3ccccc3)c2)c(O)c1. The molecule has 0 aliphatic heterocycles. The van der Waals surface area contributed by atoms with Crippen molar-refractivity contribution >= 4 is 29.1 Å². The maximum absolute atomic E-state index is 12.5. The predicted molar refractivity (Wildman–Crippen MR) is 109 cm³/mol. The minimum absolute atomic E-state index is 0.0299. The van der Waals surface area contributed by atoms with E-state index in [1.165, 1.54) is 11.8 Å². The van der Waals surface area contributed by atoms with Crippen molar-refractivity contribution in [1.29, 1.82) is 0 Å². The van der Waals surface area contributed by atoms with E-state index in [2.05, 4.69) is 5.32 Å². The van der Waals surface area contributed by atoms with Gasteiger partial charge in [0.1, 0.15) is 5.75 Å². The highest BCUT2D eigenvalue weighted by molar-refractivity contribution is 8.00. The van der Waals surface area contributed by atoms with Crippen molar-refractivity contribution in [2.24, 2.45) is 0 Å². The summed E-state index contributed by atoms with van der Waals surface area (Å²) in [5, 5.41) is 12.6. The number of aryl methyl sites for hydroxylation is 1. The van der Waals surface area contributed by atoms with E-state index in [1.807, 2.05) is 37.3 Å². The first kappa shape index (κ1) is 18.7. The number of anilines is 1. The molecule has 0 heterocycles. The van der Waals surface area contributed by atoms with Gasteiger partial charge in [-0.25, -0.2) is 0 Å². The molecular weight excluding hydrogens is 358 g/mol. The van der Waals surface area contributed by atoms with Crippen molar-refractivity contribution in [3.05, 3.63) is 89.5 Å². The Kier molecular flexibility index (Phi) is 5.94. The molecule has 4 nitrogen and oxygen atoms in total. The Morgan fingerprint density at radius 1 is 0.926 bits per heavy atom. The lowest BCUT2D eigenvalue weighted by atomic mass is 10.1. The number of nitrogens with one attached hydrogen (secondary N) is 1. The fourth-order valence-corrected chi connectivity index (χ4v) is 3.37. The molecule has 0 saturated heterocycles. The molecule has 136 valence electrons. The smallest absolute Gasteiger partial charge is 0.255 e. The van der Waals surface area contributed by atoms with Crippen molar-refractivity contribution < 1.29 is 14.7 Å². The lowest BCUT2D eigenvalue weighted by Gasteiger charge is -2.09. The van der Waals surface area contributed by atoms with Crippen LogP contribution in [0.2, 0.25) is 0 Å². The van der Waals surface area contributed by atoms with Crippen LogP contribution >= 0.6 is 11.8 Å². The van der Waals surface area contributed by atoms with Gasteiger partial charge in [0.25, 0.3) is 5.91 Å². The van der Waals surface area contributed by atoms with Crippen molar-refractivity contribution in [3.63, 3.8) is 0 Å². The second-order valence-corrected chi connectivity index (χ2v) is 7.13. The molecule has 0 aromatic heterocycles. The minimum atomic E-state index is -0.314. The molecule has 0 fully saturated rings. The normalized spacial score (nSPS) is 10.4. The predicted octanol–water partition coefficient (Wildman–Crippen LogP) is 4.93. The zero-order valence-electron chi connectivity index (χ0n) is 14.8. The molecule has 0 unspecified atom stereocenters. The molecule has 0 saturated carbocycles. The third-order valence-electron chi connectivity index (χ3n) is 3.96. The molecule has 1 amide bonds. The van der Waals surface area contributed by atoms with Crippen molar-refractivity contribution in [1.82, 2.24) is 0 Å². The van der Waals surface area contributed by atoms with E-state index in [0.717, 1.165) is 10.5 Å². The average Bonchev–Trinajstić information content (AvgIpc) is 2.69. The zero-order chi connectivity index (χ0) is 19.2. The number of hydrogen-bond acceptors (Lipinski definition) is 4. The quantitative estimate of drug-likeness (QED) is 0.363. The summed E-state index contributed by atoms with van der Waals surface area (Å²) in [4.78, 5) is 25.5. The number of ketones is 1. The molecule has 0 atom stereocenters. The van der Waals surface area contributed by atoms with Gasteiger partial charge < -0.3 is 10.4 Å². The second kappa shape index (κ2) is 8.56. The van der Waals surface area contributed by atoms with Crippen LogP contribution in [-0.4, -0.2) is 22.5 Å². The van der Waals surface area contributed by atoms with Gasteiger partial charge in [0.15, 0.2) is 5.78 Å². The van der Waals surface area contributed by atoms with Crippen LogP contribution in [0, 0.1) is 6.92 Å². The number of aromatic hydroxyl groups is 1. The Morgan fingerprint density at radius 2 is 1.67 bits per heavy atom. The van der Waals surface area contributed by atoms with Gasteiger partial charge in [-0.3, -0.25) is 9.59 Å². The van der Waals surface area contributed by atoms with E-state index >= 15 is 0 Å². The fraction of sp³-hybridized carbons (Fsp3) is 0.0909. The van der Waals surface area contributed by atoms with Gasteiger partial charge in [-0.05, 0) is 42.8 Å². The third kappa shape index (κ3) is 4.99. The van der Waals surface area contributed by atoms with E-state index in [9.17, 15) is 14.7 Å². The number of carbonyl (C=O) groups is 2. The number of amides is 1.